The zero-order chi connectivity index (χ0) is 18.1. The van der Waals surface area contributed by atoms with Gasteiger partial charge in [-0.15, -0.1) is 0 Å². The molecule has 1 aliphatic rings. The van der Waals surface area contributed by atoms with Crippen LogP contribution in [0.2, 0.25) is 0 Å². The van der Waals surface area contributed by atoms with E-state index in [9.17, 15) is 0 Å². The Morgan fingerprint density at radius 2 is 0.773 bits per heavy atom. The van der Waals surface area contributed by atoms with Gasteiger partial charge in [0.25, 0.3) is 0 Å². The molecule has 0 bridgehead atoms. The normalized spacial score (nSPS) is 15.1. The van der Waals surface area contributed by atoms with Crippen molar-refractivity contribution in [1.82, 2.24) is 9.80 Å². The molecule has 8 heteroatoms. The second-order valence-corrected chi connectivity index (χ2v) is 9.94. The maximum atomic E-state index is 4.88. The van der Waals surface area contributed by atoms with E-state index in [4.69, 9.17) is 49.7 Å². The van der Waals surface area contributed by atoms with Gasteiger partial charge in [0.05, 0.1) is 56.4 Å². The first-order valence-corrected chi connectivity index (χ1v) is 8.74. The Morgan fingerprint density at radius 3 is 0.864 bits per heavy atom. The van der Waals surface area contributed by atoms with Gasteiger partial charge in [-0.2, -0.15) is 0 Å². The summed E-state index contributed by atoms with van der Waals surface area (Å²) >= 11 is 19.5. The predicted molar refractivity (Wildman–Crippen MR) is 111 cm³/mol. The van der Waals surface area contributed by atoms with Crippen molar-refractivity contribution < 1.29 is 8.97 Å². The Kier molecular flexibility index (Phi) is 12.0. The standard InChI is InChI=1S/C6H10N2S4.2C4H12N/c9-5(10)7-1-2-8(4-3-7)6(11)12;2*1-5(2,3)4/h1-4H2,(H,9,10)(H,11,12);2*1-4H3/q;2*+1/p-2. The molecule has 4 nitrogen and oxygen atoms in total. The Bertz CT molecular complexity index is 294. The summed E-state index contributed by atoms with van der Waals surface area (Å²) in [6.45, 7) is 3.39. The minimum absolute atomic E-state index is 0.546. The fourth-order valence-electron chi connectivity index (χ4n) is 1.07. The van der Waals surface area contributed by atoms with Crippen molar-refractivity contribution in [2.45, 2.75) is 0 Å². The highest BCUT2D eigenvalue weighted by Gasteiger charge is 2.12. The Morgan fingerprint density at radius 1 is 0.636 bits per heavy atom. The highest BCUT2D eigenvalue weighted by Crippen LogP contribution is 2.02. The van der Waals surface area contributed by atoms with E-state index in [0.717, 1.165) is 35.1 Å². The van der Waals surface area contributed by atoms with E-state index in [0.29, 0.717) is 8.64 Å². The fraction of sp³-hybridized carbons (Fsp3) is 0.857. The van der Waals surface area contributed by atoms with Crippen LogP contribution in [-0.4, -0.2) is 110 Å². The molecule has 0 N–H and O–H groups in total. The summed E-state index contributed by atoms with van der Waals surface area (Å²) in [5.41, 5.74) is 0. The first-order chi connectivity index (χ1) is 9.61. The lowest BCUT2D eigenvalue weighted by Crippen LogP contribution is -2.48. The van der Waals surface area contributed by atoms with E-state index in [1.165, 1.54) is 0 Å². The van der Waals surface area contributed by atoms with Crippen LogP contribution in [0.3, 0.4) is 0 Å². The molecule has 0 aromatic heterocycles. The molecule has 0 unspecified atom stereocenters. The van der Waals surface area contributed by atoms with E-state index in [1.807, 2.05) is 9.80 Å². The number of hydrogen-bond donors (Lipinski definition) is 0. The SMILES string of the molecule is C[N+](C)(C)C.C[N+](C)(C)C.S=C([S-])N1CCN(C(=S)[S-])CC1. The smallest absolute Gasteiger partial charge is 0.0675 e. The first kappa shape index (κ1) is 24.4. The second-order valence-electron chi connectivity index (χ2n) is 7.87. The molecule has 0 aliphatic carbocycles. The molecule has 1 fully saturated rings. The van der Waals surface area contributed by atoms with Crippen LogP contribution in [0.4, 0.5) is 0 Å². The summed E-state index contributed by atoms with van der Waals surface area (Å²) in [7, 11) is 17.0. The second kappa shape index (κ2) is 10.8. The van der Waals surface area contributed by atoms with E-state index in [2.05, 4.69) is 56.4 Å². The van der Waals surface area contributed by atoms with Gasteiger partial charge in [-0.3, -0.25) is 0 Å². The van der Waals surface area contributed by atoms with Gasteiger partial charge in [-0.25, -0.2) is 0 Å². The molecule has 1 saturated heterocycles. The summed E-state index contributed by atoms with van der Waals surface area (Å²) in [6.07, 6.45) is 0. The Hall–Kier alpha value is 0.140. The van der Waals surface area contributed by atoms with Crippen molar-refractivity contribution >= 4 is 58.3 Å². The monoisotopic (exact) mass is 384 g/mol. The van der Waals surface area contributed by atoms with E-state index >= 15 is 0 Å². The molecule has 1 heterocycles. The largest absolute Gasteiger partial charge is 0.411 e. The minimum atomic E-state index is 0.546. The molecule has 0 radical (unpaired) electrons. The lowest BCUT2D eigenvalue weighted by atomic mass is 10.4. The average molecular weight is 385 g/mol. The van der Waals surface area contributed by atoms with Gasteiger partial charge in [0.1, 0.15) is 0 Å². The minimum Gasteiger partial charge on any atom is -0.411 e. The lowest BCUT2D eigenvalue weighted by Gasteiger charge is -2.40. The van der Waals surface area contributed by atoms with Gasteiger partial charge in [-0.05, 0) is 0 Å². The molecule has 0 spiro atoms. The third-order valence-electron chi connectivity index (χ3n) is 1.80. The van der Waals surface area contributed by atoms with Crippen molar-refractivity contribution in [1.29, 1.82) is 0 Å². The van der Waals surface area contributed by atoms with Crippen LogP contribution in [-0.2, 0) is 25.3 Å². The van der Waals surface area contributed by atoms with Gasteiger partial charge in [0.15, 0.2) is 0 Å². The predicted octanol–water partition coefficient (Wildman–Crippen LogP) is 0.912. The quantitative estimate of drug-likeness (QED) is 0.345. The van der Waals surface area contributed by atoms with Crippen LogP contribution in [0.1, 0.15) is 0 Å². The summed E-state index contributed by atoms with van der Waals surface area (Å²) in [6, 6.07) is 0. The van der Waals surface area contributed by atoms with Crippen molar-refractivity contribution in [3.63, 3.8) is 0 Å². The van der Waals surface area contributed by atoms with Crippen LogP contribution in [0.15, 0.2) is 0 Å². The van der Waals surface area contributed by atoms with Crippen LogP contribution >= 0.6 is 24.4 Å². The van der Waals surface area contributed by atoms with Gasteiger partial charge >= 0.3 is 0 Å². The third kappa shape index (κ3) is 22.4. The lowest BCUT2D eigenvalue weighted by molar-refractivity contribution is -0.849. The maximum absolute atomic E-state index is 4.88. The van der Waals surface area contributed by atoms with Crippen molar-refractivity contribution in [2.75, 3.05) is 82.6 Å². The van der Waals surface area contributed by atoms with E-state index in [-0.39, 0.29) is 0 Å². The molecule has 0 saturated carbocycles. The van der Waals surface area contributed by atoms with Crippen LogP contribution in [0.25, 0.3) is 0 Å². The third-order valence-corrected chi connectivity index (χ3v) is 2.83. The Labute approximate surface area is 159 Å². The van der Waals surface area contributed by atoms with E-state index < -0.39 is 0 Å². The summed E-state index contributed by atoms with van der Waals surface area (Å²) < 4.78 is 3.09. The summed E-state index contributed by atoms with van der Waals surface area (Å²) in [5.74, 6) is 0. The molecule has 0 amide bonds. The first-order valence-electron chi connectivity index (χ1n) is 7.11. The number of hydrogen-bond acceptors (Lipinski definition) is 4. The number of quaternary nitrogens is 2. The molecule has 0 aromatic rings. The van der Waals surface area contributed by atoms with Crippen molar-refractivity contribution in [2.24, 2.45) is 0 Å². The summed E-state index contributed by atoms with van der Waals surface area (Å²) in [4.78, 5) is 3.99. The average Bonchev–Trinajstić information content (AvgIpc) is 2.24. The number of piperazine rings is 1. The highest BCUT2D eigenvalue weighted by atomic mass is 32.1. The Balaban J connectivity index is 0. The van der Waals surface area contributed by atoms with Gasteiger partial charge in [0.2, 0.25) is 0 Å². The van der Waals surface area contributed by atoms with Crippen LogP contribution < -0.4 is 0 Å². The molecule has 0 atom stereocenters. The number of nitrogens with zero attached hydrogens (tertiary/aromatic N) is 4. The van der Waals surface area contributed by atoms with Crippen LogP contribution in [0.5, 0.6) is 0 Å². The van der Waals surface area contributed by atoms with Crippen molar-refractivity contribution in [3.8, 4) is 0 Å². The van der Waals surface area contributed by atoms with Crippen molar-refractivity contribution in [3.05, 3.63) is 0 Å². The van der Waals surface area contributed by atoms with Crippen LogP contribution in [0, 0.1) is 0 Å². The molecule has 132 valence electrons. The molecular formula is C14H32N4S4. The molecule has 22 heavy (non-hydrogen) atoms. The summed E-state index contributed by atoms with van der Waals surface area (Å²) in [5, 5.41) is 0. The maximum Gasteiger partial charge on any atom is 0.0675 e. The highest BCUT2D eigenvalue weighted by molar-refractivity contribution is 8.00. The molecule has 1 aliphatic heterocycles. The topological polar surface area (TPSA) is 6.48 Å². The van der Waals surface area contributed by atoms with Gasteiger partial charge in [0, 0.05) is 26.2 Å². The molecular weight excluding hydrogens is 352 g/mol. The fourth-order valence-corrected chi connectivity index (χ4v) is 1.80. The zero-order valence-electron chi connectivity index (χ0n) is 15.3. The number of thiocarbonyl (C=S) groups is 2. The van der Waals surface area contributed by atoms with E-state index in [1.54, 1.807) is 0 Å². The number of rotatable bonds is 0. The molecule has 1 rings (SSSR count). The van der Waals surface area contributed by atoms with Gasteiger partial charge < -0.3 is 68.5 Å². The zero-order valence-corrected chi connectivity index (χ0v) is 18.5. The van der Waals surface area contributed by atoms with Gasteiger partial charge in [-0.1, -0.05) is 8.64 Å². The molecule has 0 aromatic carbocycles.